The Labute approximate surface area is 256 Å². The second kappa shape index (κ2) is 11.7. The number of aliphatic hydroxyl groups excluding tert-OH is 1. The van der Waals surface area contributed by atoms with E-state index in [9.17, 15) is 14.7 Å². The van der Waals surface area contributed by atoms with Crippen molar-refractivity contribution in [3.63, 3.8) is 0 Å². The number of amides is 2. The van der Waals surface area contributed by atoms with Crippen molar-refractivity contribution in [1.29, 1.82) is 0 Å². The monoisotopic (exact) mass is 603 g/mol. The Bertz CT molecular complexity index is 1600. The zero-order valence-corrected chi connectivity index (χ0v) is 25.3. The molecule has 0 spiro atoms. The number of hydrogen-bond acceptors (Lipinski definition) is 8. The number of ether oxygens (including phenoxy) is 2. The molecule has 6 rings (SSSR count). The van der Waals surface area contributed by atoms with E-state index in [0.29, 0.717) is 43.0 Å². The number of aromatic nitrogens is 2. The maximum absolute atomic E-state index is 15.3. The van der Waals surface area contributed by atoms with E-state index in [4.69, 9.17) is 15.2 Å². The number of benzene rings is 2. The van der Waals surface area contributed by atoms with E-state index in [1.54, 1.807) is 4.90 Å². The average Bonchev–Trinajstić information content (AvgIpc) is 3.72. The molecule has 0 bridgehead atoms. The lowest BCUT2D eigenvalue weighted by Crippen LogP contribution is -2.42. The summed E-state index contributed by atoms with van der Waals surface area (Å²) in [7, 11) is 0. The van der Waals surface area contributed by atoms with Gasteiger partial charge in [0.1, 0.15) is 30.0 Å². The van der Waals surface area contributed by atoms with Gasteiger partial charge in [0, 0.05) is 29.8 Å². The van der Waals surface area contributed by atoms with Gasteiger partial charge in [-0.3, -0.25) is 4.79 Å². The molecule has 1 saturated heterocycles. The van der Waals surface area contributed by atoms with Crippen LogP contribution < -0.4 is 15.4 Å². The van der Waals surface area contributed by atoms with Gasteiger partial charge < -0.3 is 30.1 Å². The lowest BCUT2D eigenvalue weighted by Gasteiger charge is -2.31. The molecule has 0 radical (unpaired) electrons. The third kappa shape index (κ3) is 5.93. The first kappa shape index (κ1) is 29.8. The van der Waals surface area contributed by atoms with Crippen LogP contribution in [0.15, 0.2) is 36.7 Å². The number of nitrogens with two attached hydrogens (primary N) is 1. The fourth-order valence-corrected chi connectivity index (χ4v) is 6.12. The van der Waals surface area contributed by atoms with Gasteiger partial charge in [-0.05, 0) is 88.1 Å². The number of carbonyl (C=O) groups excluding carboxylic acids is 2. The zero-order chi connectivity index (χ0) is 31.2. The first-order valence-corrected chi connectivity index (χ1v) is 15.1. The van der Waals surface area contributed by atoms with Crippen LogP contribution in [0.25, 0.3) is 11.3 Å². The standard InChI is InChI=1S/C33H38FN5O5/c1-33(2,3)44-32(42)38-11-4-5-23(38)17-43-29-28(36-18-37-30(29)35)25-14-22(34)15-27(26(25)16-40)39-12-10-21-13-20(19-6-7-19)8-9-24(21)31(39)41/h8-9,13-15,18-19,23,40H,4-7,10-12,16-17H2,1-3H3,(H2,35,36,37)/t23-/m0/s1. The van der Waals surface area contributed by atoms with Crippen LogP contribution in [0.4, 0.5) is 20.7 Å². The van der Waals surface area contributed by atoms with Crippen molar-refractivity contribution in [3.05, 3.63) is 64.7 Å². The fourth-order valence-electron chi connectivity index (χ4n) is 6.12. The number of anilines is 2. The van der Waals surface area contributed by atoms with Gasteiger partial charge in [0.15, 0.2) is 11.6 Å². The molecule has 1 atom stereocenters. The largest absolute Gasteiger partial charge is 0.485 e. The van der Waals surface area contributed by atoms with Gasteiger partial charge in [-0.2, -0.15) is 0 Å². The van der Waals surface area contributed by atoms with Crippen molar-refractivity contribution in [1.82, 2.24) is 14.9 Å². The molecular weight excluding hydrogens is 565 g/mol. The predicted molar refractivity (Wildman–Crippen MR) is 163 cm³/mol. The summed E-state index contributed by atoms with van der Waals surface area (Å²) in [5.74, 6) is -0.142. The van der Waals surface area contributed by atoms with Gasteiger partial charge >= 0.3 is 6.09 Å². The maximum Gasteiger partial charge on any atom is 0.410 e. The third-order valence-electron chi connectivity index (χ3n) is 8.41. The molecule has 1 aromatic heterocycles. The quantitative estimate of drug-likeness (QED) is 0.376. The van der Waals surface area contributed by atoms with Crippen LogP contribution in [0, 0.1) is 5.82 Å². The molecule has 0 unspecified atom stereocenters. The maximum atomic E-state index is 15.3. The molecule has 3 N–H and O–H groups in total. The summed E-state index contributed by atoms with van der Waals surface area (Å²) in [6, 6.07) is 8.22. The van der Waals surface area contributed by atoms with Gasteiger partial charge in [-0.15, -0.1) is 0 Å². The molecule has 11 heteroatoms. The van der Waals surface area contributed by atoms with Crippen LogP contribution >= 0.6 is 0 Å². The Morgan fingerprint density at radius 2 is 1.91 bits per heavy atom. The number of hydrogen-bond donors (Lipinski definition) is 2. The Hall–Kier alpha value is -4.25. The fraction of sp³-hybridized carbons (Fsp3) is 0.455. The lowest BCUT2D eigenvalue weighted by atomic mass is 9.93. The predicted octanol–water partition coefficient (Wildman–Crippen LogP) is 5.22. The number of halogens is 1. The van der Waals surface area contributed by atoms with Gasteiger partial charge in [-0.1, -0.05) is 12.1 Å². The Morgan fingerprint density at radius 1 is 1.11 bits per heavy atom. The van der Waals surface area contributed by atoms with E-state index in [1.165, 1.54) is 41.8 Å². The van der Waals surface area contributed by atoms with Crippen LogP contribution in [-0.2, 0) is 17.8 Å². The SMILES string of the molecule is CC(C)(C)OC(=O)N1CCC[C@H]1COc1c(N)ncnc1-c1cc(F)cc(N2CCc3cc(C4CC4)ccc3C2=O)c1CO. The Balaban J connectivity index is 1.30. The first-order valence-electron chi connectivity index (χ1n) is 15.1. The molecule has 2 amide bonds. The molecule has 44 heavy (non-hydrogen) atoms. The van der Waals surface area contributed by atoms with Gasteiger partial charge in [-0.25, -0.2) is 19.2 Å². The number of rotatable bonds is 7. The number of carbonyl (C=O) groups is 2. The highest BCUT2D eigenvalue weighted by Gasteiger charge is 2.34. The van der Waals surface area contributed by atoms with Crippen LogP contribution in [0.1, 0.15) is 79.4 Å². The highest BCUT2D eigenvalue weighted by atomic mass is 19.1. The molecule has 2 aliphatic heterocycles. The van der Waals surface area contributed by atoms with Crippen molar-refractivity contribution in [2.24, 2.45) is 0 Å². The van der Waals surface area contributed by atoms with Crippen molar-refractivity contribution in [2.75, 3.05) is 30.3 Å². The van der Waals surface area contributed by atoms with Crippen LogP contribution in [-0.4, -0.2) is 63.3 Å². The second-order valence-corrected chi connectivity index (χ2v) is 12.7. The summed E-state index contributed by atoms with van der Waals surface area (Å²) in [5.41, 5.74) is 9.44. The smallest absolute Gasteiger partial charge is 0.410 e. The van der Waals surface area contributed by atoms with Gasteiger partial charge in [0.05, 0.1) is 18.3 Å². The molecule has 3 heterocycles. The average molecular weight is 604 g/mol. The van der Waals surface area contributed by atoms with E-state index in [1.807, 2.05) is 32.9 Å². The summed E-state index contributed by atoms with van der Waals surface area (Å²) < 4.78 is 27.0. The van der Waals surface area contributed by atoms with E-state index < -0.39 is 24.1 Å². The molecular formula is C33H38FN5O5. The minimum atomic E-state index is -0.636. The van der Waals surface area contributed by atoms with Crippen molar-refractivity contribution in [2.45, 2.75) is 77.0 Å². The topological polar surface area (TPSA) is 131 Å². The zero-order valence-electron chi connectivity index (χ0n) is 25.3. The summed E-state index contributed by atoms with van der Waals surface area (Å²) >= 11 is 0. The molecule has 1 aliphatic carbocycles. The Morgan fingerprint density at radius 3 is 2.64 bits per heavy atom. The molecule has 1 saturated carbocycles. The van der Waals surface area contributed by atoms with E-state index >= 15 is 4.39 Å². The second-order valence-electron chi connectivity index (χ2n) is 12.7. The highest BCUT2D eigenvalue weighted by molar-refractivity contribution is 6.09. The third-order valence-corrected chi connectivity index (χ3v) is 8.41. The molecule has 2 fully saturated rings. The van der Waals surface area contributed by atoms with E-state index in [2.05, 4.69) is 16.0 Å². The Kier molecular flexibility index (Phi) is 7.91. The summed E-state index contributed by atoms with van der Waals surface area (Å²) in [5, 5.41) is 10.6. The van der Waals surface area contributed by atoms with Crippen molar-refractivity contribution >= 4 is 23.5 Å². The summed E-state index contributed by atoms with van der Waals surface area (Å²) in [4.78, 5) is 38.1. The molecule has 10 nitrogen and oxygen atoms in total. The highest BCUT2D eigenvalue weighted by Crippen LogP contribution is 2.42. The van der Waals surface area contributed by atoms with Gasteiger partial charge in [0.25, 0.3) is 5.91 Å². The van der Waals surface area contributed by atoms with Crippen molar-refractivity contribution in [3.8, 4) is 17.0 Å². The number of nitrogen functional groups attached to an aromatic ring is 1. The van der Waals surface area contributed by atoms with E-state index in [-0.39, 0.29) is 47.1 Å². The molecule has 3 aliphatic rings. The minimum absolute atomic E-state index is 0.0287. The number of fused-ring (bicyclic) bond motifs is 1. The van der Waals surface area contributed by atoms with Crippen LogP contribution in [0.2, 0.25) is 0 Å². The molecule has 232 valence electrons. The van der Waals surface area contributed by atoms with Crippen LogP contribution in [0.5, 0.6) is 5.75 Å². The summed E-state index contributed by atoms with van der Waals surface area (Å²) in [6.45, 7) is 5.92. The van der Waals surface area contributed by atoms with Crippen molar-refractivity contribution < 1.29 is 28.6 Å². The number of likely N-dealkylation sites (tertiary alicyclic amines) is 1. The normalized spacial score (nSPS) is 18.4. The minimum Gasteiger partial charge on any atom is -0.485 e. The number of aliphatic hydroxyl groups is 1. The summed E-state index contributed by atoms with van der Waals surface area (Å²) in [6.07, 6.45) is 5.27. The van der Waals surface area contributed by atoms with Crippen LogP contribution in [0.3, 0.4) is 0 Å². The first-order chi connectivity index (χ1) is 21.0. The number of nitrogens with zero attached hydrogens (tertiary/aromatic N) is 4. The van der Waals surface area contributed by atoms with Gasteiger partial charge in [0.2, 0.25) is 0 Å². The van der Waals surface area contributed by atoms with E-state index in [0.717, 1.165) is 12.0 Å². The molecule has 3 aromatic rings. The molecule has 2 aromatic carbocycles. The lowest BCUT2D eigenvalue weighted by molar-refractivity contribution is 0.0187.